The monoisotopic (exact) mass is 649 g/mol. The molecular formula is C49H31NO. The molecule has 0 N–H and O–H groups in total. The number of rotatable bonds is 2. The standard InChI is InChI=1S/C49H31NO/c1-49(2)40-16-7-5-12-36(40)47-41(49)22-23-43-48(47)37-13-6-8-17-42(37)50(43)29-19-25-45-39(27-29)38-26-28(18-24-44(38)51-45)30-20-21-35-32-11-4-3-10-31(32)34-15-9-14-33(30)46(34)35/h3-27H,1-2H3. The van der Waals surface area contributed by atoms with Crippen molar-refractivity contribution in [3.8, 4) is 50.2 Å². The first-order chi connectivity index (χ1) is 25.1. The van der Waals surface area contributed by atoms with Gasteiger partial charge in [-0.25, -0.2) is 0 Å². The highest BCUT2D eigenvalue weighted by Gasteiger charge is 2.37. The number of benzene rings is 8. The van der Waals surface area contributed by atoms with Gasteiger partial charge >= 0.3 is 0 Å². The van der Waals surface area contributed by atoms with Gasteiger partial charge in [-0.2, -0.15) is 0 Å². The van der Waals surface area contributed by atoms with E-state index >= 15 is 0 Å². The summed E-state index contributed by atoms with van der Waals surface area (Å²) in [5.41, 5.74) is 18.6. The quantitative estimate of drug-likeness (QED) is 0.182. The Bertz CT molecular complexity index is 3140. The summed E-state index contributed by atoms with van der Waals surface area (Å²) >= 11 is 0. The minimum atomic E-state index is -0.0510. The molecule has 2 heterocycles. The number of aromatic nitrogens is 1. The third-order valence-corrected chi connectivity index (χ3v) is 12.0. The fourth-order valence-electron chi connectivity index (χ4n) is 9.66. The fraction of sp³-hybridized carbons (Fsp3) is 0.0612. The van der Waals surface area contributed by atoms with E-state index < -0.39 is 0 Å². The molecule has 0 spiro atoms. The molecule has 2 nitrogen and oxygen atoms in total. The van der Waals surface area contributed by atoms with Crippen molar-refractivity contribution in [2.24, 2.45) is 0 Å². The Morgan fingerprint density at radius 2 is 1.10 bits per heavy atom. The van der Waals surface area contributed by atoms with Crippen LogP contribution in [0.1, 0.15) is 25.0 Å². The summed E-state index contributed by atoms with van der Waals surface area (Å²) in [4.78, 5) is 0. The summed E-state index contributed by atoms with van der Waals surface area (Å²) in [5.74, 6) is 0. The number of hydrogen-bond donors (Lipinski definition) is 0. The second-order valence-corrected chi connectivity index (χ2v) is 14.8. The maximum absolute atomic E-state index is 6.48. The molecule has 10 aromatic rings. The van der Waals surface area contributed by atoms with Gasteiger partial charge in [-0.05, 0) is 109 Å². The van der Waals surface area contributed by atoms with E-state index in [-0.39, 0.29) is 5.41 Å². The lowest BCUT2D eigenvalue weighted by atomic mass is 9.82. The van der Waals surface area contributed by atoms with Crippen molar-refractivity contribution in [2.75, 3.05) is 0 Å². The maximum Gasteiger partial charge on any atom is 0.135 e. The van der Waals surface area contributed by atoms with E-state index in [9.17, 15) is 0 Å². The molecule has 0 saturated carbocycles. The van der Waals surface area contributed by atoms with E-state index in [2.05, 4.69) is 170 Å². The van der Waals surface area contributed by atoms with Gasteiger partial charge in [0.25, 0.3) is 0 Å². The van der Waals surface area contributed by atoms with Crippen molar-refractivity contribution < 1.29 is 4.42 Å². The molecule has 238 valence electrons. The van der Waals surface area contributed by atoms with E-state index in [0.29, 0.717) is 0 Å². The average Bonchev–Trinajstić information content (AvgIpc) is 3.88. The van der Waals surface area contributed by atoms with Gasteiger partial charge in [-0.15, -0.1) is 0 Å². The topological polar surface area (TPSA) is 18.1 Å². The van der Waals surface area contributed by atoms with Gasteiger partial charge in [0.1, 0.15) is 11.2 Å². The molecule has 12 rings (SSSR count). The van der Waals surface area contributed by atoms with Crippen LogP contribution in [0.5, 0.6) is 0 Å². The Morgan fingerprint density at radius 3 is 1.96 bits per heavy atom. The minimum absolute atomic E-state index is 0.0510. The lowest BCUT2D eigenvalue weighted by Crippen LogP contribution is -2.14. The lowest BCUT2D eigenvalue weighted by Gasteiger charge is -2.21. The van der Waals surface area contributed by atoms with Crippen molar-refractivity contribution in [3.63, 3.8) is 0 Å². The van der Waals surface area contributed by atoms with Crippen molar-refractivity contribution in [2.45, 2.75) is 19.3 Å². The van der Waals surface area contributed by atoms with E-state index in [0.717, 1.165) is 27.6 Å². The number of hydrogen-bond acceptors (Lipinski definition) is 1. The molecule has 2 aliphatic rings. The van der Waals surface area contributed by atoms with Crippen LogP contribution in [0.4, 0.5) is 0 Å². The number of nitrogens with zero attached hydrogens (tertiary/aromatic N) is 1. The smallest absolute Gasteiger partial charge is 0.135 e. The van der Waals surface area contributed by atoms with Crippen molar-refractivity contribution in [1.29, 1.82) is 0 Å². The van der Waals surface area contributed by atoms with Crippen LogP contribution in [0.2, 0.25) is 0 Å². The first-order valence-corrected chi connectivity index (χ1v) is 17.9. The van der Waals surface area contributed by atoms with E-state index in [4.69, 9.17) is 4.42 Å². The maximum atomic E-state index is 6.48. The fourth-order valence-corrected chi connectivity index (χ4v) is 9.66. The zero-order valence-corrected chi connectivity index (χ0v) is 28.3. The third kappa shape index (κ3) is 3.42. The Kier molecular flexibility index (Phi) is 5.08. The van der Waals surface area contributed by atoms with Crippen LogP contribution in [0.15, 0.2) is 156 Å². The van der Waals surface area contributed by atoms with Gasteiger partial charge in [0, 0.05) is 32.6 Å². The predicted molar refractivity (Wildman–Crippen MR) is 213 cm³/mol. The Morgan fingerprint density at radius 1 is 0.431 bits per heavy atom. The molecule has 51 heavy (non-hydrogen) atoms. The van der Waals surface area contributed by atoms with Crippen molar-refractivity contribution >= 4 is 54.5 Å². The minimum Gasteiger partial charge on any atom is -0.456 e. The van der Waals surface area contributed by atoms with Crippen molar-refractivity contribution in [3.05, 3.63) is 163 Å². The van der Waals surface area contributed by atoms with E-state index in [1.807, 2.05) is 0 Å². The summed E-state index contributed by atoms with van der Waals surface area (Å²) in [6, 6.07) is 56.0. The summed E-state index contributed by atoms with van der Waals surface area (Å²) in [7, 11) is 0. The zero-order valence-electron chi connectivity index (χ0n) is 28.3. The summed E-state index contributed by atoms with van der Waals surface area (Å²) in [6.45, 7) is 4.72. The van der Waals surface area contributed by atoms with Crippen LogP contribution in [0.25, 0.3) is 105 Å². The van der Waals surface area contributed by atoms with E-state index in [1.54, 1.807) is 0 Å². The van der Waals surface area contributed by atoms with Gasteiger partial charge in [0.15, 0.2) is 0 Å². The van der Waals surface area contributed by atoms with Crippen molar-refractivity contribution in [1.82, 2.24) is 4.57 Å². The van der Waals surface area contributed by atoms with Gasteiger partial charge in [0.2, 0.25) is 0 Å². The van der Waals surface area contributed by atoms with Gasteiger partial charge in [-0.3, -0.25) is 0 Å². The molecule has 0 amide bonds. The summed E-state index contributed by atoms with van der Waals surface area (Å²) in [6.07, 6.45) is 0. The number of furan rings is 1. The molecule has 0 atom stereocenters. The molecule has 8 aromatic carbocycles. The first-order valence-electron chi connectivity index (χ1n) is 17.9. The van der Waals surface area contributed by atoms with Gasteiger partial charge in [-0.1, -0.05) is 123 Å². The Labute approximate surface area is 294 Å². The van der Waals surface area contributed by atoms with Crippen LogP contribution in [0.3, 0.4) is 0 Å². The van der Waals surface area contributed by atoms with Crippen LogP contribution >= 0.6 is 0 Å². The number of fused-ring (bicyclic) bond motifs is 13. The van der Waals surface area contributed by atoms with E-state index in [1.165, 1.54) is 88.2 Å². The average molecular weight is 650 g/mol. The molecule has 2 heteroatoms. The Hall–Kier alpha value is -6.38. The SMILES string of the molecule is CC1(C)c2ccccc2-c2c1ccc1c2c2ccccc2n1-c1ccc2oc3ccc(-c4ccc5c6c(cccc46)-c4ccccc4-5)cc3c2c1. The zero-order chi connectivity index (χ0) is 33.6. The number of para-hydroxylation sites is 1. The lowest BCUT2D eigenvalue weighted by molar-refractivity contribution is 0.661. The third-order valence-electron chi connectivity index (χ3n) is 12.0. The van der Waals surface area contributed by atoms with Gasteiger partial charge < -0.3 is 8.98 Å². The normalized spacial score (nSPS) is 13.8. The molecule has 0 bridgehead atoms. The highest BCUT2D eigenvalue weighted by atomic mass is 16.3. The molecule has 0 unspecified atom stereocenters. The van der Waals surface area contributed by atoms with Crippen LogP contribution in [-0.4, -0.2) is 4.57 Å². The van der Waals surface area contributed by atoms with Crippen LogP contribution < -0.4 is 0 Å². The molecular weight excluding hydrogens is 619 g/mol. The second kappa shape index (κ2) is 9.44. The molecule has 0 radical (unpaired) electrons. The summed E-state index contributed by atoms with van der Waals surface area (Å²) < 4.78 is 8.93. The van der Waals surface area contributed by atoms with Gasteiger partial charge in [0.05, 0.1) is 11.0 Å². The predicted octanol–water partition coefficient (Wildman–Crippen LogP) is 13.5. The first kappa shape index (κ1) is 27.4. The molecule has 0 aliphatic heterocycles. The largest absolute Gasteiger partial charge is 0.456 e. The highest BCUT2D eigenvalue weighted by Crippen LogP contribution is 2.53. The van der Waals surface area contributed by atoms with Crippen LogP contribution in [0, 0.1) is 0 Å². The molecule has 0 fully saturated rings. The molecule has 2 aromatic heterocycles. The highest BCUT2D eigenvalue weighted by molar-refractivity contribution is 6.20. The second-order valence-electron chi connectivity index (χ2n) is 14.8. The molecule has 0 saturated heterocycles. The Balaban J connectivity index is 1.08. The summed E-state index contributed by atoms with van der Waals surface area (Å²) in [5, 5.41) is 7.51. The molecule has 2 aliphatic carbocycles. The van der Waals surface area contributed by atoms with Crippen LogP contribution in [-0.2, 0) is 5.41 Å².